The number of rotatable bonds is 7. The van der Waals surface area contributed by atoms with Crippen LogP contribution in [0.2, 0.25) is 0 Å². The summed E-state index contributed by atoms with van der Waals surface area (Å²) in [4.78, 5) is 6.07. The van der Waals surface area contributed by atoms with Crippen LogP contribution in [0.1, 0.15) is 74.6 Å². The van der Waals surface area contributed by atoms with E-state index in [1.807, 2.05) is 11.3 Å². The predicted octanol–water partition coefficient (Wildman–Crippen LogP) is 4.72. The number of thiazole rings is 1. The molecule has 0 aliphatic heterocycles. The fraction of sp³-hybridized carbons (Fsp3) is 0.812. The van der Waals surface area contributed by atoms with Gasteiger partial charge in [0, 0.05) is 23.5 Å². The maximum absolute atomic E-state index is 4.67. The number of aromatic nitrogens is 1. The quantitative estimate of drug-likeness (QED) is 0.731. The normalized spacial score (nSPS) is 23.7. The molecule has 0 bridgehead atoms. The minimum atomic E-state index is 0.748. The molecule has 0 atom stereocenters. The van der Waals surface area contributed by atoms with Crippen LogP contribution >= 0.6 is 11.3 Å². The zero-order valence-corrected chi connectivity index (χ0v) is 13.3. The maximum Gasteiger partial charge on any atom is 0.0959 e. The van der Waals surface area contributed by atoms with Crippen LogP contribution in [0.4, 0.5) is 0 Å². The molecular weight excluding hydrogens is 252 g/mol. The van der Waals surface area contributed by atoms with Crippen molar-refractivity contribution < 1.29 is 0 Å². The number of nitrogens with zero attached hydrogens (tertiary/aromatic N) is 1. The highest BCUT2D eigenvalue weighted by molar-refractivity contribution is 7.11. The minimum absolute atomic E-state index is 0.748. The summed E-state index contributed by atoms with van der Waals surface area (Å²) >= 11 is 1.93. The molecule has 0 unspecified atom stereocenters. The van der Waals surface area contributed by atoms with Crippen molar-refractivity contribution in [2.45, 2.75) is 71.3 Å². The third-order valence-corrected chi connectivity index (χ3v) is 5.35. The van der Waals surface area contributed by atoms with Gasteiger partial charge in [-0.15, -0.1) is 11.3 Å². The highest BCUT2D eigenvalue weighted by Crippen LogP contribution is 2.38. The Morgan fingerprint density at radius 1 is 1.21 bits per heavy atom. The van der Waals surface area contributed by atoms with E-state index >= 15 is 0 Å². The summed E-state index contributed by atoms with van der Waals surface area (Å²) in [6, 6.07) is 0. The summed E-state index contributed by atoms with van der Waals surface area (Å²) in [6.07, 6.45) is 11.6. The van der Waals surface area contributed by atoms with Crippen molar-refractivity contribution in [3.05, 3.63) is 16.1 Å². The van der Waals surface area contributed by atoms with Crippen LogP contribution in [0.3, 0.4) is 0 Å². The SMILES string of the molecule is CCCNCc1cnc(C2CCC(CCC)CC2)s1. The number of nitrogens with one attached hydrogen (secondary N) is 1. The summed E-state index contributed by atoms with van der Waals surface area (Å²) in [5.41, 5.74) is 0. The number of hydrogen-bond acceptors (Lipinski definition) is 3. The number of hydrogen-bond donors (Lipinski definition) is 1. The smallest absolute Gasteiger partial charge is 0.0959 e. The van der Waals surface area contributed by atoms with Crippen molar-refractivity contribution in [3.63, 3.8) is 0 Å². The second-order valence-corrected chi connectivity index (χ2v) is 6.99. The highest BCUT2D eigenvalue weighted by atomic mass is 32.1. The Morgan fingerprint density at radius 3 is 2.68 bits per heavy atom. The van der Waals surface area contributed by atoms with E-state index in [-0.39, 0.29) is 0 Å². The van der Waals surface area contributed by atoms with Crippen molar-refractivity contribution >= 4 is 11.3 Å². The molecule has 2 rings (SSSR count). The van der Waals surface area contributed by atoms with Crippen LogP contribution < -0.4 is 5.32 Å². The average Bonchev–Trinajstić information content (AvgIpc) is 2.89. The summed E-state index contributed by atoms with van der Waals surface area (Å²) in [5, 5.41) is 4.85. The lowest BCUT2D eigenvalue weighted by Gasteiger charge is -2.26. The van der Waals surface area contributed by atoms with E-state index in [0.29, 0.717) is 0 Å². The first kappa shape index (κ1) is 15.0. The van der Waals surface area contributed by atoms with Crippen LogP contribution in [0, 0.1) is 5.92 Å². The molecule has 1 aliphatic carbocycles. The van der Waals surface area contributed by atoms with Crippen molar-refractivity contribution in [1.29, 1.82) is 0 Å². The van der Waals surface area contributed by atoms with Crippen LogP contribution in [0.15, 0.2) is 6.20 Å². The Labute approximate surface area is 122 Å². The van der Waals surface area contributed by atoms with Crippen LogP contribution in [-0.4, -0.2) is 11.5 Å². The van der Waals surface area contributed by atoms with E-state index in [4.69, 9.17) is 0 Å². The third kappa shape index (κ3) is 4.57. The Hall–Kier alpha value is -0.410. The predicted molar refractivity (Wildman–Crippen MR) is 83.7 cm³/mol. The lowest BCUT2D eigenvalue weighted by atomic mass is 9.80. The molecule has 3 heteroatoms. The summed E-state index contributed by atoms with van der Waals surface area (Å²) in [5.74, 6) is 1.74. The molecule has 1 N–H and O–H groups in total. The topological polar surface area (TPSA) is 24.9 Å². The molecular formula is C16H28N2S. The second-order valence-electron chi connectivity index (χ2n) is 5.85. The largest absolute Gasteiger partial charge is 0.312 e. The van der Waals surface area contributed by atoms with Gasteiger partial charge in [-0.1, -0.05) is 26.7 Å². The highest BCUT2D eigenvalue weighted by Gasteiger charge is 2.23. The van der Waals surface area contributed by atoms with Crippen molar-refractivity contribution in [1.82, 2.24) is 10.3 Å². The van der Waals surface area contributed by atoms with Crippen LogP contribution in [0.25, 0.3) is 0 Å². The monoisotopic (exact) mass is 280 g/mol. The van der Waals surface area contributed by atoms with Gasteiger partial charge in [0.25, 0.3) is 0 Å². The lowest BCUT2D eigenvalue weighted by molar-refractivity contribution is 0.308. The first-order chi connectivity index (χ1) is 9.33. The lowest BCUT2D eigenvalue weighted by Crippen LogP contribution is -2.13. The second kappa shape index (κ2) is 8.01. The molecule has 2 nitrogen and oxygen atoms in total. The Bertz CT molecular complexity index is 353. The summed E-state index contributed by atoms with van der Waals surface area (Å²) < 4.78 is 0. The fourth-order valence-corrected chi connectivity index (χ4v) is 4.14. The summed E-state index contributed by atoms with van der Waals surface area (Å²) in [7, 11) is 0. The van der Waals surface area contributed by atoms with E-state index in [9.17, 15) is 0 Å². The average molecular weight is 280 g/mol. The third-order valence-electron chi connectivity index (χ3n) is 4.19. The summed E-state index contributed by atoms with van der Waals surface area (Å²) in [6.45, 7) is 6.62. The van der Waals surface area contributed by atoms with E-state index in [1.165, 1.54) is 54.8 Å². The molecule has 0 radical (unpaired) electrons. The Morgan fingerprint density at radius 2 is 2.00 bits per heavy atom. The molecule has 108 valence electrons. The van der Waals surface area contributed by atoms with Gasteiger partial charge in [0.2, 0.25) is 0 Å². The maximum atomic E-state index is 4.67. The zero-order chi connectivity index (χ0) is 13.5. The zero-order valence-electron chi connectivity index (χ0n) is 12.5. The Kier molecular flexibility index (Phi) is 6.32. The molecule has 1 aromatic heterocycles. The van der Waals surface area contributed by atoms with Gasteiger partial charge in [0.1, 0.15) is 0 Å². The molecule has 1 heterocycles. The van der Waals surface area contributed by atoms with E-state index in [0.717, 1.165) is 24.9 Å². The minimum Gasteiger partial charge on any atom is -0.312 e. The van der Waals surface area contributed by atoms with E-state index in [2.05, 4.69) is 30.3 Å². The molecule has 1 aromatic rings. The Balaban J connectivity index is 1.79. The molecule has 0 saturated heterocycles. The van der Waals surface area contributed by atoms with Gasteiger partial charge in [0.15, 0.2) is 0 Å². The van der Waals surface area contributed by atoms with Crippen LogP contribution in [0.5, 0.6) is 0 Å². The standard InChI is InChI=1S/C16H28N2S/c1-3-5-13-6-8-14(9-7-13)16-18-12-15(19-16)11-17-10-4-2/h12-14,17H,3-11H2,1-2H3. The molecule has 0 aromatic carbocycles. The van der Waals surface area contributed by atoms with E-state index in [1.54, 1.807) is 0 Å². The van der Waals surface area contributed by atoms with Gasteiger partial charge >= 0.3 is 0 Å². The molecule has 0 spiro atoms. The molecule has 1 fully saturated rings. The fourth-order valence-electron chi connectivity index (χ4n) is 3.09. The molecule has 1 saturated carbocycles. The first-order valence-corrected chi connectivity index (χ1v) is 8.80. The van der Waals surface area contributed by atoms with Crippen LogP contribution in [-0.2, 0) is 6.54 Å². The molecule has 1 aliphatic rings. The van der Waals surface area contributed by atoms with Crippen molar-refractivity contribution in [2.24, 2.45) is 5.92 Å². The van der Waals surface area contributed by atoms with Gasteiger partial charge < -0.3 is 5.32 Å². The van der Waals surface area contributed by atoms with E-state index < -0.39 is 0 Å². The first-order valence-electron chi connectivity index (χ1n) is 7.98. The molecule has 0 amide bonds. The van der Waals surface area contributed by atoms with Crippen molar-refractivity contribution in [3.8, 4) is 0 Å². The van der Waals surface area contributed by atoms with Gasteiger partial charge in [-0.2, -0.15) is 0 Å². The molecule has 19 heavy (non-hydrogen) atoms. The van der Waals surface area contributed by atoms with Gasteiger partial charge in [0.05, 0.1) is 5.01 Å². The van der Waals surface area contributed by atoms with Gasteiger partial charge in [-0.25, -0.2) is 4.98 Å². The van der Waals surface area contributed by atoms with Gasteiger partial charge in [-0.05, 0) is 44.6 Å². The van der Waals surface area contributed by atoms with Crippen molar-refractivity contribution in [2.75, 3.05) is 6.54 Å². The van der Waals surface area contributed by atoms with Gasteiger partial charge in [-0.3, -0.25) is 0 Å².